The molecule has 0 radical (unpaired) electrons. The number of piperidine rings is 1. The first-order valence-electron chi connectivity index (χ1n) is 7.78. The van der Waals surface area contributed by atoms with Crippen molar-refractivity contribution in [3.63, 3.8) is 0 Å². The number of nitrogens with zero attached hydrogens (tertiary/aromatic N) is 2. The summed E-state index contributed by atoms with van der Waals surface area (Å²) in [5.41, 5.74) is 1.51. The second kappa shape index (κ2) is 7.41. The van der Waals surface area contributed by atoms with Crippen molar-refractivity contribution in [2.75, 3.05) is 32.0 Å². The molecular formula is C16H26N4O. The van der Waals surface area contributed by atoms with Crippen LogP contribution in [0.2, 0.25) is 0 Å². The highest BCUT2D eigenvalue weighted by molar-refractivity contribution is 5.95. The van der Waals surface area contributed by atoms with Crippen LogP contribution in [0.1, 0.15) is 42.2 Å². The van der Waals surface area contributed by atoms with E-state index >= 15 is 0 Å². The van der Waals surface area contributed by atoms with Crippen molar-refractivity contribution in [1.29, 1.82) is 0 Å². The summed E-state index contributed by atoms with van der Waals surface area (Å²) in [4.78, 5) is 19.1. The van der Waals surface area contributed by atoms with E-state index in [2.05, 4.69) is 27.4 Å². The zero-order valence-corrected chi connectivity index (χ0v) is 13.3. The maximum Gasteiger partial charge on any atom is 0.251 e. The van der Waals surface area contributed by atoms with Crippen LogP contribution in [0.3, 0.4) is 0 Å². The quantitative estimate of drug-likeness (QED) is 0.871. The van der Waals surface area contributed by atoms with Crippen molar-refractivity contribution in [1.82, 2.24) is 15.2 Å². The van der Waals surface area contributed by atoms with Crippen LogP contribution in [-0.2, 0) is 0 Å². The topological polar surface area (TPSA) is 57.3 Å². The molecule has 1 fully saturated rings. The van der Waals surface area contributed by atoms with Gasteiger partial charge in [-0.15, -0.1) is 0 Å². The number of hydrogen-bond donors (Lipinski definition) is 2. The van der Waals surface area contributed by atoms with Gasteiger partial charge in [0.05, 0.1) is 0 Å². The molecule has 1 unspecified atom stereocenters. The number of amides is 1. The summed E-state index contributed by atoms with van der Waals surface area (Å²) in [6.45, 7) is 7.19. The van der Waals surface area contributed by atoms with E-state index in [1.54, 1.807) is 6.07 Å². The van der Waals surface area contributed by atoms with Gasteiger partial charge in [-0.2, -0.15) is 0 Å². The minimum atomic E-state index is -0.0264. The molecule has 1 atom stereocenters. The SMILES string of the molecule is CNc1cc(C(=O)NC(C)CN2CCCCC2)cc(C)n1. The van der Waals surface area contributed by atoms with E-state index in [1.807, 2.05) is 20.0 Å². The van der Waals surface area contributed by atoms with Gasteiger partial charge in [-0.3, -0.25) is 4.79 Å². The fraction of sp³-hybridized carbons (Fsp3) is 0.625. The third-order valence-electron chi connectivity index (χ3n) is 3.83. The third-order valence-corrected chi connectivity index (χ3v) is 3.83. The molecule has 1 aliphatic rings. The lowest BCUT2D eigenvalue weighted by atomic mass is 10.1. The van der Waals surface area contributed by atoms with Gasteiger partial charge in [0.2, 0.25) is 0 Å². The Morgan fingerprint density at radius 1 is 1.33 bits per heavy atom. The van der Waals surface area contributed by atoms with Crippen LogP contribution in [0.5, 0.6) is 0 Å². The summed E-state index contributed by atoms with van der Waals surface area (Å²) in [5, 5.41) is 6.07. The van der Waals surface area contributed by atoms with E-state index in [0.29, 0.717) is 5.56 Å². The highest BCUT2D eigenvalue weighted by atomic mass is 16.1. The lowest BCUT2D eigenvalue weighted by Gasteiger charge is -2.29. The van der Waals surface area contributed by atoms with Crippen LogP contribution < -0.4 is 10.6 Å². The van der Waals surface area contributed by atoms with Gasteiger partial charge in [0, 0.05) is 30.9 Å². The summed E-state index contributed by atoms with van der Waals surface area (Å²) < 4.78 is 0. The second-order valence-electron chi connectivity index (χ2n) is 5.87. The number of likely N-dealkylation sites (tertiary alicyclic amines) is 1. The minimum absolute atomic E-state index is 0.0264. The van der Waals surface area contributed by atoms with Gasteiger partial charge in [-0.05, 0) is 51.9 Å². The van der Waals surface area contributed by atoms with Gasteiger partial charge in [-0.1, -0.05) is 6.42 Å². The smallest absolute Gasteiger partial charge is 0.251 e. The molecule has 5 nitrogen and oxygen atoms in total. The summed E-state index contributed by atoms with van der Waals surface area (Å²) in [6, 6.07) is 3.77. The molecule has 5 heteroatoms. The predicted molar refractivity (Wildman–Crippen MR) is 85.7 cm³/mol. The molecule has 1 aromatic heterocycles. The van der Waals surface area contributed by atoms with Gasteiger partial charge in [-0.25, -0.2) is 4.98 Å². The first-order valence-corrected chi connectivity index (χ1v) is 7.78. The molecule has 2 heterocycles. The number of anilines is 1. The Balaban J connectivity index is 1.92. The Bertz CT molecular complexity index is 483. The van der Waals surface area contributed by atoms with Crippen LogP contribution in [0, 0.1) is 6.92 Å². The van der Waals surface area contributed by atoms with E-state index in [4.69, 9.17) is 0 Å². The number of carbonyl (C=O) groups is 1. The van der Waals surface area contributed by atoms with Crippen LogP contribution >= 0.6 is 0 Å². The number of hydrogen-bond acceptors (Lipinski definition) is 4. The third kappa shape index (κ3) is 4.70. The van der Waals surface area contributed by atoms with Crippen molar-refractivity contribution in [2.24, 2.45) is 0 Å². The standard InChI is InChI=1S/C16H26N4O/c1-12-9-14(10-15(17-3)18-12)16(21)19-13(2)11-20-7-5-4-6-8-20/h9-10,13H,4-8,11H2,1-3H3,(H,17,18)(H,19,21). The van der Waals surface area contributed by atoms with Crippen LogP contribution in [0.15, 0.2) is 12.1 Å². The summed E-state index contributed by atoms with van der Waals surface area (Å²) in [5.74, 6) is 0.699. The number of rotatable bonds is 5. The molecule has 0 aliphatic carbocycles. The number of carbonyl (C=O) groups excluding carboxylic acids is 1. The highest BCUT2D eigenvalue weighted by Crippen LogP contribution is 2.11. The number of aryl methyl sites for hydroxylation is 1. The van der Waals surface area contributed by atoms with Crippen molar-refractivity contribution in [3.8, 4) is 0 Å². The Kier molecular flexibility index (Phi) is 5.56. The molecule has 0 saturated carbocycles. The summed E-state index contributed by atoms with van der Waals surface area (Å²) in [6.07, 6.45) is 3.88. The molecule has 1 saturated heterocycles. The van der Waals surface area contributed by atoms with Crippen LogP contribution in [0.4, 0.5) is 5.82 Å². The molecule has 2 N–H and O–H groups in total. The van der Waals surface area contributed by atoms with Crippen molar-refractivity contribution < 1.29 is 4.79 Å². The van der Waals surface area contributed by atoms with Crippen molar-refractivity contribution in [2.45, 2.75) is 39.2 Å². The van der Waals surface area contributed by atoms with Gasteiger partial charge in [0.15, 0.2) is 0 Å². The fourth-order valence-electron chi connectivity index (χ4n) is 2.81. The maximum absolute atomic E-state index is 12.3. The molecule has 116 valence electrons. The maximum atomic E-state index is 12.3. The van der Waals surface area contributed by atoms with E-state index < -0.39 is 0 Å². The molecule has 2 rings (SSSR count). The van der Waals surface area contributed by atoms with Gasteiger partial charge < -0.3 is 15.5 Å². The number of nitrogens with one attached hydrogen (secondary N) is 2. The highest BCUT2D eigenvalue weighted by Gasteiger charge is 2.16. The molecule has 1 aliphatic heterocycles. The Labute approximate surface area is 127 Å². The zero-order valence-electron chi connectivity index (χ0n) is 13.3. The van der Waals surface area contributed by atoms with Crippen molar-refractivity contribution >= 4 is 11.7 Å². The average Bonchev–Trinajstić information content (AvgIpc) is 2.47. The Morgan fingerprint density at radius 3 is 2.71 bits per heavy atom. The number of aromatic nitrogens is 1. The average molecular weight is 290 g/mol. The predicted octanol–water partition coefficient (Wildman–Crippen LogP) is 2.04. The molecule has 0 bridgehead atoms. The zero-order chi connectivity index (χ0) is 15.2. The molecule has 1 aromatic rings. The Hall–Kier alpha value is -1.62. The van der Waals surface area contributed by atoms with E-state index in [9.17, 15) is 4.79 Å². The van der Waals surface area contributed by atoms with Crippen LogP contribution in [-0.4, -0.2) is 48.5 Å². The number of pyridine rings is 1. The van der Waals surface area contributed by atoms with Crippen molar-refractivity contribution in [3.05, 3.63) is 23.4 Å². The lowest BCUT2D eigenvalue weighted by Crippen LogP contribution is -2.43. The lowest BCUT2D eigenvalue weighted by molar-refractivity contribution is 0.0925. The van der Waals surface area contributed by atoms with Gasteiger partial charge in [0.1, 0.15) is 5.82 Å². The van der Waals surface area contributed by atoms with Crippen LogP contribution in [0.25, 0.3) is 0 Å². The summed E-state index contributed by atoms with van der Waals surface area (Å²) >= 11 is 0. The van der Waals surface area contributed by atoms with Gasteiger partial charge in [0.25, 0.3) is 5.91 Å². The normalized spacial score (nSPS) is 17.3. The summed E-state index contributed by atoms with van der Waals surface area (Å²) in [7, 11) is 1.81. The molecule has 0 spiro atoms. The monoisotopic (exact) mass is 290 g/mol. The first kappa shape index (κ1) is 15.8. The fourth-order valence-corrected chi connectivity index (χ4v) is 2.81. The van der Waals surface area contributed by atoms with Gasteiger partial charge >= 0.3 is 0 Å². The largest absolute Gasteiger partial charge is 0.373 e. The molecule has 1 amide bonds. The van der Waals surface area contributed by atoms with E-state index in [1.165, 1.54) is 19.3 Å². The first-order chi connectivity index (χ1) is 10.1. The minimum Gasteiger partial charge on any atom is -0.373 e. The van der Waals surface area contributed by atoms with E-state index in [-0.39, 0.29) is 11.9 Å². The molecular weight excluding hydrogens is 264 g/mol. The van der Waals surface area contributed by atoms with E-state index in [0.717, 1.165) is 31.1 Å². The second-order valence-corrected chi connectivity index (χ2v) is 5.87. The Morgan fingerprint density at radius 2 is 2.05 bits per heavy atom. The molecule has 0 aromatic carbocycles. The molecule has 21 heavy (non-hydrogen) atoms.